The number of likely N-dealkylation sites (tertiary alicyclic amines) is 1. The maximum absolute atomic E-state index is 4.70. The molecule has 1 aliphatic rings. The standard InChI is InChI=1S/C15H24N4S/c1-15(2,3)16-9-13-5-4-6-18(13)10-12-11-19-7-8-20-14(19)17-12/h7-8,11,13,16H,4-6,9-10H2,1-3H3. The van der Waals surface area contributed by atoms with E-state index in [0.717, 1.165) is 18.1 Å². The van der Waals surface area contributed by atoms with Gasteiger partial charge in [0, 0.05) is 42.4 Å². The van der Waals surface area contributed by atoms with E-state index in [1.54, 1.807) is 11.3 Å². The van der Waals surface area contributed by atoms with Crippen LogP contribution < -0.4 is 5.32 Å². The van der Waals surface area contributed by atoms with Gasteiger partial charge in [0.05, 0.1) is 5.69 Å². The second-order valence-electron chi connectivity index (χ2n) is 6.72. The Bertz CT molecular complexity index is 537. The van der Waals surface area contributed by atoms with E-state index in [-0.39, 0.29) is 5.54 Å². The number of fused-ring (bicyclic) bond motifs is 1. The molecule has 110 valence electrons. The number of nitrogens with zero attached hydrogens (tertiary/aromatic N) is 3. The van der Waals surface area contributed by atoms with Crippen molar-refractivity contribution in [2.45, 2.75) is 51.7 Å². The predicted molar refractivity (Wildman–Crippen MR) is 84.3 cm³/mol. The van der Waals surface area contributed by atoms with Crippen LogP contribution in [0.4, 0.5) is 0 Å². The highest BCUT2D eigenvalue weighted by atomic mass is 32.1. The summed E-state index contributed by atoms with van der Waals surface area (Å²) in [6.45, 7) is 9.94. The number of hydrogen-bond acceptors (Lipinski definition) is 4. The summed E-state index contributed by atoms with van der Waals surface area (Å²) >= 11 is 1.70. The number of aromatic nitrogens is 2. The molecule has 3 rings (SSSR count). The largest absolute Gasteiger partial charge is 0.311 e. The van der Waals surface area contributed by atoms with Crippen LogP contribution in [0.1, 0.15) is 39.3 Å². The predicted octanol–water partition coefficient (Wildman–Crippen LogP) is 2.75. The summed E-state index contributed by atoms with van der Waals surface area (Å²) in [5.41, 5.74) is 1.39. The van der Waals surface area contributed by atoms with Crippen LogP contribution >= 0.6 is 11.3 Å². The minimum Gasteiger partial charge on any atom is -0.311 e. The second-order valence-corrected chi connectivity index (χ2v) is 7.60. The zero-order valence-electron chi connectivity index (χ0n) is 12.6. The van der Waals surface area contributed by atoms with Gasteiger partial charge in [-0.1, -0.05) is 0 Å². The van der Waals surface area contributed by atoms with Gasteiger partial charge in [0.15, 0.2) is 4.96 Å². The lowest BCUT2D eigenvalue weighted by atomic mass is 10.1. The Labute approximate surface area is 124 Å². The molecule has 0 aromatic carbocycles. The molecule has 0 bridgehead atoms. The summed E-state index contributed by atoms with van der Waals surface area (Å²) in [4.78, 5) is 8.37. The average Bonchev–Trinajstić information content (AvgIpc) is 3.01. The average molecular weight is 292 g/mol. The summed E-state index contributed by atoms with van der Waals surface area (Å²) in [5, 5.41) is 5.72. The van der Waals surface area contributed by atoms with Crippen LogP contribution in [0.15, 0.2) is 17.8 Å². The normalized spacial score (nSPS) is 21.1. The maximum atomic E-state index is 4.70. The Morgan fingerprint density at radius 3 is 3.05 bits per heavy atom. The van der Waals surface area contributed by atoms with E-state index in [0.29, 0.717) is 6.04 Å². The van der Waals surface area contributed by atoms with Crippen molar-refractivity contribution in [2.24, 2.45) is 0 Å². The van der Waals surface area contributed by atoms with Crippen molar-refractivity contribution in [1.29, 1.82) is 0 Å². The van der Waals surface area contributed by atoms with Gasteiger partial charge in [0.25, 0.3) is 0 Å². The van der Waals surface area contributed by atoms with Crippen LogP contribution in [0, 0.1) is 0 Å². The van der Waals surface area contributed by atoms with Gasteiger partial charge in [-0.2, -0.15) is 0 Å². The number of rotatable bonds is 4. The number of nitrogens with one attached hydrogen (secondary N) is 1. The van der Waals surface area contributed by atoms with Crippen molar-refractivity contribution in [3.05, 3.63) is 23.5 Å². The molecule has 5 heteroatoms. The Hall–Kier alpha value is -0.910. The van der Waals surface area contributed by atoms with E-state index in [1.165, 1.54) is 25.1 Å². The molecule has 4 nitrogen and oxygen atoms in total. The molecule has 1 aliphatic heterocycles. The third kappa shape index (κ3) is 3.22. The van der Waals surface area contributed by atoms with Crippen LogP contribution in [0.2, 0.25) is 0 Å². The van der Waals surface area contributed by atoms with Crippen molar-refractivity contribution in [2.75, 3.05) is 13.1 Å². The Balaban J connectivity index is 1.62. The third-order valence-corrected chi connectivity index (χ3v) is 4.65. The smallest absolute Gasteiger partial charge is 0.193 e. The van der Waals surface area contributed by atoms with Crippen molar-refractivity contribution < 1.29 is 0 Å². The summed E-state index contributed by atoms with van der Waals surface area (Å²) in [7, 11) is 0. The second kappa shape index (κ2) is 5.47. The van der Waals surface area contributed by atoms with E-state index < -0.39 is 0 Å². The molecular formula is C15H24N4S. The summed E-state index contributed by atoms with van der Waals surface area (Å²) in [5.74, 6) is 0. The van der Waals surface area contributed by atoms with Gasteiger partial charge in [-0.15, -0.1) is 11.3 Å². The molecule has 0 aliphatic carbocycles. The lowest BCUT2D eigenvalue weighted by Crippen LogP contribution is -2.45. The van der Waals surface area contributed by atoms with Crippen LogP contribution in [0.5, 0.6) is 0 Å². The van der Waals surface area contributed by atoms with Crippen molar-refractivity contribution in [3.63, 3.8) is 0 Å². The molecule has 0 amide bonds. The molecule has 3 heterocycles. The van der Waals surface area contributed by atoms with Gasteiger partial charge >= 0.3 is 0 Å². The Morgan fingerprint density at radius 1 is 1.45 bits per heavy atom. The van der Waals surface area contributed by atoms with Gasteiger partial charge < -0.3 is 5.32 Å². The molecule has 1 unspecified atom stereocenters. The Morgan fingerprint density at radius 2 is 2.30 bits per heavy atom. The first-order chi connectivity index (χ1) is 9.51. The monoisotopic (exact) mass is 292 g/mol. The lowest BCUT2D eigenvalue weighted by Gasteiger charge is -2.28. The highest BCUT2D eigenvalue weighted by Crippen LogP contribution is 2.21. The molecule has 1 saturated heterocycles. The van der Waals surface area contributed by atoms with E-state index >= 15 is 0 Å². The molecule has 2 aromatic rings. The van der Waals surface area contributed by atoms with Crippen LogP contribution in [0.25, 0.3) is 4.96 Å². The van der Waals surface area contributed by atoms with Gasteiger partial charge in [0.1, 0.15) is 0 Å². The van der Waals surface area contributed by atoms with Gasteiger partial charge in [-0.25, -0.2) is 4.98 Å². The fourth-order valence-electron chi connectivity index (χ4n) is 2.82. The molecule has 0 spiro atoms. The van der Waals surface area contributed by atoms with E-state index in [2.05, 4.69) is 53.2 Å². The molecule has 20 heavy (non-hydrogen) atoms. The topological polar surface area (TPSA) is 32.6 Å². The zero-order chi connectivity index (χ0) is 14.2. The minimum atomic E-state index is 0.200. The van der Waals surface area contributed by atoms with Crippen molar-refractivity contribution in [1.82, 2.24) is 19.6 Å². The van der Waals surface area contributed by atoms with Gasteiger partial charge in [-0.05, 0) is 40.2 Å². The lowest BCUT2D eigenvalue weighted by molar-refractivity contribution is 0.224. The maximum Gasteiger partial charge on any atom is 0.193 e. The highest BCUT2D eigenvalue weighted by molar-refractivity contribution is 7.15. The zero-order valence-corrected chi connectivity index (χ0v) is 13.4. The molecule has 1 N–H and O–H groups in total. The van der Waals surface area contributed by atoms with Crippen LogP contribution in [0.3, 0.4) is 0 Å². The molecule has 2 aromatic heterocycles. The van der Waals surface area contributed by atoms with Crippen LogP contribution in [-0.2, 0) is 6.54 Å². The van der Waals surface area contributed by atoms with Gasteiger partial charge in [-0.3, -0.25) is 9.30 Å². The van der Waals surface area contributed by atoms with E-state index in [9.17, 15) is 0 Å². The fraction of sp³-hybridized carbons (Fsp3) is 0.667. The summed E-state index contributed by atoms with van der Waals surface area (Å²) in [6, 6.07) is 0.647. The first kappa shape index (κ1) is 14.0. The third-order valence-electron chi connectivity index (χ3n) is 3.88. The quantitative estimate of drug-likeness (QED) is 0.940. The van der Waals surface area contributed by atoms with Crippen LogP contribution in [-0.4, -0.2) is 39.0 Å². The van der Waals surface area contributed by atoms with E-state index in [4.69, 9.17) is 4.98 Å². The number of imidazole rings is 1. The molecule has 1 atom stereocenters. The van der Waals surface area contributed by atoms with E-state index in [1.807, 2.05) is 0 Å². The fourth-order valence-corrected chi connectivity index (χ4v) is 3.54. The Kier molecular flexibility index (Phi) is 3.84. The first-order valence-electron chi connectivity index (χ1n) is 7.41. The molecule has 1 fully saturated rings. The SMILES string of the molecule is CC(C)(C)NCC1CCCN1Cc1cn2ccsc2n1. The van der Waals surface area contributed by atoms with Gasteiger partial charge in [0.2, 0.25) is 0 Å². The van der Waals surface area contributed by atoms with Crippen molar-refractivity contribution >= 4 is 16.3 Å². The first-order valence-corrected chi connectivity index (χ1v) is 8.29. The number of thiazole rings is 1. The molecular weight excluding hydrogens is 268 g/mol. The minimum absolute atomic E-state index is 0.200. The molecule has 0 saturated carbocycles. The van der Waals surface area contributed by atoms with Crippen molar-refractivity contribution in [3.8, 4) is 0 Å². The highest BCUT2D eigenvalue weighted by Gasteiger charge is 2.26. The summed E-state index contributed by atoms with van der Waals surface area (Å²) in [6.07, 6.45) is 6.85. The molecule has 0 radical (unpaired) electrons. The summed E-state index contributed by atoms with van der Waals surface area (Å²) < 4.78 is 2.12. The number of hydrogen-bond donors (Lipinski definition) is 1.